The van der Waals surface area contributed by atoms with Crippen molar-refractivity contribution >= 4 is 5.97 Å². The predicted octanol–water partition coefficient (Wildman–Crippen LogP) is 7.14. The zero-order chi connectivity index (χ0) is 17.9. The molecule has 1 unspecified atom stereocenters. The Morgan fingerprint density at radius 2 is 1.21 bits per heavy atom. The third-order valence-electron chi connectivity index (χ3n) is 4.16. The SMILES string of the molecule is CCCC/C=C/CCCCC(CCC/C=C/CCCC)OC(C)=O. The van der Waals surface area contributed by atoms with E-state index in [1.165, 1.54) is 51.9 Å². The number of rotatable bonds is 16. The van der Waals surface area contributed by atoms with Gasteiger partial charge in [0.05, 0.1) is 0 Å². The van der Waals surface area contributed by atoms with E-state index in [4.69, 9.17) is 4.74 Å². The number of hydrogen-bond acceptors (Lipinski definition) is 2. The van der Waals surface area contributed by atoms with Crippen LogP contribution in [0.4, 0.5) is 0 Å². The van der Waals surface area contributed by atoms with Crippen molar-refractivity contribution in [1.29, 1.82) is 0 Å². The number of unbranched alkanes of at least 4 members (excludes halogenated alkanes) is 7. The summed E-state index contributed by atoms with van der Waals surface area (Å²) in [6.45, 7) is 5.97. The first kappa shape index (κ1) is 22.9. The summed E-state index contributed by atoms with van der Waals surface area (Å²) in [6, 6.07) is 0. The van der Waals surface area contributed by atoms with Gasteiger partial charge < -0.3 is 4.74 Å². The predicted molar refractivity (Wildman–Crippen MR) is 105 cm³/mol. The van der Waals surface area contributed by atoms with Crippen LogP contribution in [0.1, 0.15) is 104 Å². The van der Waals surface area contributed by atoms with Gasteiger partial charge in [-0.3, -0.25) is 4.79 Å². The first-order chi connectivity index (χ1) is 11.7. The van der Waals surface area contributed by atoms with E-state index in [2.05, 4.69) is 38.2 Å². The van der Waals surface area contributed by atoms with E-state index in [0.717, 1.165) is 38.5 Å². The lowest BCUT2D eigenvalue weighted by Gasteiger charge is -2.16. The molecule has 0 amide bonds. The van der Waals surface area contributed by atoms with Gasteiger partial charge in [0.2, 0.25) is 0 Å². The zero-order valence-electron chi connectivity index (χ0n) is 16.4. The van der Waals surface area contributed by atoms with Crippen LogP contribution >= 0.6 is 0 Å². The minimum Gasteiger partial charge on any atom is -0.463 e. The normalized spacial score (nSPS) is 13.0. The van der Waals surface area contributed by atoms with Crippen molar-refractivity contribution in [3.05, 3.63) is 24.3 Å². The molecule has 0 bridgehead atoms. The van der Waals surface area contributed by atoms with Crippen LogP contribution in [0.25, 0.3) is 0 Å². The molecule has 0 spiro atoms. The highest BCUT2D eigenvalue weighted by Gasteiger charge is 2.10. The Hall–Kier alpha value is -1.05. The molecule has 0 rings (SSSR count). The van der Waals surface area contributed by atoms with Crippen molar-refractivity contribution in [2.45, 2.75) is 110 Å². The summed E-state index contributed by atoms with van der Waals surface area (Å²) < 4.78 is 5.47. The molecule has 2 nitrogen and oxygen atoms in total. The molecule has 0 fully saturated rings. The summed E-state index contributed by atoms with van der Waals surface area (Å²) in [5, 5.41) is 0. The van der Waals surface area contributed by atoms with Crippen molar-refractivity contribution in [2.24, 2.45) is 0 Å². The zero-order valence-corrected chi connectivity index (χ0v) is 16.4. The topological polar surface area (TPSA) is 26.3 Å². The average Bonchev–Trinajstić information content (AvgIpc) is 2.55. The van der Waals surface area contributed by atoms with Crippen LogP contribution in [0, 0.1) is 0 Å². The lowest BCUT2D eigenvalue weighted by atomic mass is 10.0. The molecule has 0 heterocycles. The van der Waals surface area contributed by atoms with Gasteiger partial charge in [0.15, 0.2) is 0 Å². The largest absolute Gasteiger partial charge is 0.463 e. The third kappa shape index (κ3) is 17.3. The van der Waals surface area contributed by atoms with Crippen molar-refractivity contribution in [3.8, 4) is 0 Å². The molecule has 140 valence electrons. The number of esters is 1. The molecular formula is C22H40O2. The van der Waals surface area contributed by atoms with Gasteiger partial charge in [-0.2, -0.15) is 0 Å². The fourth-order valence-corrected chi connectivity index (χ4v) is 2.71. The number of carbonyl (C=O) groups excluding carboxylic acids is 1. The molecule has 0 radical (unpaired) electrons. The second kappa shape index (κ2) is 18.3. The van der Waals surface area contributed by atoms with Crippen LogP contribution in [-0.4, -0.2) is 12.1 Å². The number of allylic oxidation sites excluding steroid dienone is 4. The maximum atomic E-state index is 11.2. The Balaban J connectivity index is 3.79. The Kier molecular flexibility index (Phi) is 17.5. The van der Waals surface area contributed by atoms with Gasteiger partial charge in [0.25, 0.3) is 0 Å². The van der Waals surface area contributed by atoms with Crippen LogP contribution in [0.2, 0.25) is 0 Å². The summed E-state index contributed by atoms with van der Waals surface area (Å²) in [7, 11) is 0. The van der Waals surface area contributed by atoms with Crippen molar-refractivity contribution in [3.63, 3.8) is 0 Å². The van der Waals surface area contributed by atoms with Gasteiger partial charge in [0.1, 0.15) is 6.10 Å². The lowest BCUT2D eigenvalue weighted by molar-refractivity contribution is -0.147. The highest BCUT2D eigenvalue weighted by Crippen LogP contribution is 2.15. The van der Waals surface area contributed by atoms with Crippen LogP contribution < -0.4 is 0 Å². The van der Waals surface area contributed by atoms with E-state index >= 15 is 0 Å². The van der Waals surface area contributed by atoms with Crippen molar-refractivity contribution < 1.29 is 9.53 Å². The number of carbonyl (C=O) groups is 1. The van der Waals surface area contributed by atoms with Crippen LogP contribution in [0.15, 0.2) is 24.3 Å². The molecule has 1 atom stereocenters. The Morgan fingerprint density at radius 3 is 1.71 bits per heavy atom. The first-order valence-electron chi connectivity index (χ1n) is 10.2. The quantitative estimate of drug-likeness (QED) is 0.170. The van der Waals surface area contributed by atoms with Gasteiger partial charge in [-0.15, -0.1) is 0 Å². The van der Waals surface area contributed by atoms with Gasteiger partial charge in [-0.05, 0) is 57.8 Å². The fourth-order valence-electron chi connectivity index (χ4n) is 2.71. The lowest BCUT2D eigenvalue weighted by Crippen LogP contribution is -2.16. The second-order valence-electron chi connectivity index (χ2n) is 6.67. The van der Waals surface area contributed by atoms with Gasteiger partial charge >= 0.3 is 5.97 Å². The molecule has 0 saturated heterocycles. The van der Waals surface area contributed by atoms with Crippen molar-refractivity contribution in [2.75, 3.05) is 0 Å². The fraction of sp³-hybridized carbons (Fsp3) is 0.773. The molecule has 0 aliphatic carbocycles. The Morgan fingerprint density at radius 1 is 0.750 bits per heavy atom. The van der Waals surface area contributed by atoms with E-state index in [9.17, 15) is 4.79 Å². The molecule has 24 heavy (non-hydrogen) atoms. The van der Waals surface area contributed by atoms with Crippen LogP contribution in [0.5, 0.6) is 0 Å². The highest BCUT2D eigenvalue weighted by molar-refractivity contribution is 5.66. The van der Waals surface area contributed by atoms with E-state index in [-0.39, 0.29) is 12.1 Å². The summed E-state index contributed by atoms with van der Waals surface area (Å²) in [5.41, 5.74) is 0. The molecule has 2 heteroatoms. The van der Waals surface area contributed by atoms with Gasteiger partial charge in [0, 0.05) is 6.92 Å². The smallest absolute Gasteiger partial charge is 0.302 e. The molecule has 0 N–H and O–H groups in total. The maximum absolute atomic E-state index is 11.2. The maximum Gasteiger partial charge on any atom is 0.302 e. The monoisotopic (exact) mass is 336 g/mol. The molecule has 0 saturated carbocycles. The summed E-state index contributed by atoms with van der Waals surface area (Å²) in [6.07, 6.45) is 24.4. The van der Waals surface area contributed by atoms with Crippen molar-refractivity contribution in [1.82, 2.24) is 0 Å². The highest BCUT2D eigenvalue weighted by atomic mass is 16.5. The summed E-state index contributed by atoms with van der Waals surface area (Å²) in [4.78, 5) is 11.2. The molecule has 0 aromatic carbocycles. The van der Waals surface area contributed by atoms with Gasteiger partial charge in [-0.25, -0.2) is 0 Å². The van der Waals surface area contributed by atoms with Crippen LogP contribution in [-0.2, 0) is 9.53 Å². The Labute approximate surface area is 150 Å². The first-order valence-corrected chi connectivity index (χ1v) is 10.2. The van der Waals surface area contributed by atoms with E-state index in [0.29, 0.717) is 0 Å². The molecule has 0 aliphatic heterocycles. The van der Waals surface area contributed by atoms with E-state index in [1.807, 2.05) is 0 Å². The molecular weight excluding hydrogens is 296 g/mol. The summed E-state index contributed by atoms with van der Waals surface area (Å²) >= 11 is 0. The molecule has 0 aliphatic rings. The third-order valence-corrected chi connectivity index (χ3v) is 4.16. The number of ether oxygens (including phenoxy) is 1. The molecule has 0 aromatic rings. The average molecular weight is 337 g/mol. The van der Waals surface area contributed by atoms with E-state index < -0.39 is 0 Å². The summed E-state index contributed by atoms with van der Waals surface area (Å²) in [5.74, 6) is -0.141. The minimum atomic E-state index is -0.141. The van der Waals surface area contributed by atoms with Gasteiger partial charge in [-0.1, -0.05) is 63.8 Å². The Bertz CT molecular complexity index is 331. The molecule has 0 aromatic heterocycles. The number of hydrogen-bond donors (Lipinski definition) is 0. The van der Waals surface area contributed by atoms with E-state index in [1.54, 1.807) is 0 Å². The van der Waals surface area contributed by atoms with Crippen LogP contribution in [0.3, 0.4) is 0 Å². The minimum absolute atomic E-state index is 0.107. The second-order valence-corrected chi connectivity index (χ2v) is 6.67. The standard InChI is InChI=1S/C22H40O2/c1-4-6-8-10-12-14-16-18-20-22(24-21(3)23)19-17-15-13-11-9-7-5-2/h10-13,22H,4-9,14-20H2,1-3H3/b12-10+,13-11+.